The molecule has 4 nitrogen and oxygen atoms in total. The molecule has 0 heterocycles. The first-order valence-corrected chi connectivity index (χ1v) is 5.98. The fourth-order valence-corrected chi connectivity index (χ4v) is 1.67. The number of hydrogen-bond donors (Lipinski definition) is 2. The largest absolute Gasteiger partial charge is 0.375 e. The smallest absolute Gasteiger partial charge is 0.243 e. The number of halogens is 1. The second-order valence-corrected chi connectivity index (χ2v) is 4.04. The monoisotopic (exact) mass is 269 g/mol. The van der Waals surface area contributed by atoms with Crippen LogP contribution in [0.25, 0.3) is 0 Å². The van der Waals surface area contributed by atoms with E-state index in [1.807, 2.05) is 6.07 Å². The van der Waals surface area contributed by atoms with Crippen LogP contribution in [0.15, 0.2) is 48.5 Å². The minimum atomic E-state index is -0.488. The van der Waals surface area contributed by atoms with Gasteiger partial charge in [0.25, 0.3) is 0 Å². The average Bonchev–Trinajstić information content (AvgIpc) is 2.48. The summed E-state index contributed by atoms with van der Waals surface area (Å²) in [7, 11) is 0. The molecule has 0 saturated carbocycles. The van der Waals surface area contributed by atoms with Gasteiger partial charge in [-0.15, -0.1) is 0 Å². The van der Waals surface area contributed by atoms with Crippen molar-refractivity contribution >= 4 is 17.3 Å². The first kappa shape index (κ1) is 13.6. The van der Waals surface area contributed by atoms with E-state index in [9.17, 15) is 9.18 Å². The van der Waals surface area contributed by atoms with Gasteiger partial charge in [-0.2, -0.15) is 5.26 Å². The SMILES string of the molecule is N#Cc1ccccc1NCC(=O)Nc1ccccc1F. The Morgan fingerprint density at radius 3 is 2.45 bits per heavy atom. The van der Waals surface area contributed by atoms with E-state index in [4.69, 9.17) is 5.26 Å². The lowest BCUT2D eigenvalue weighted by Gasteiger charge is -2.09. The van der Waals surface area contributed by atoms with Crippen molar-refractivity contribution in [2.45, 2.75) is 0 Å². The summed E-state index contributed by atoms with van der Waals surface area (Å²) in [4.78, 5) is 11.7. The van der Waals surface area contributed by atoms with Gasteiger partial charge in [0.15, 0.2) is 0 Å². The number of carbonyl (C=O) groups is 1. The van der Waals surface area contributed by atoms with E-state index in [-0.39, 0.29) is 18.1 Å². The zero-order chi connectivity index (χ0) is 14.4. The van der Waals surface area contributed by atoms with Gasteiger partial charge in [-0.05, 0) is 24.3 Å². The Labute approximate surface area is 115 Å². The molecular weight excluding hydrogens is 257 g/mol. The Kier molecular flexibility index (Phi) is 4.30. The Morgan fingerprint density at radius 1 is 1.10 bits per heavy atom. The van der Waals surface area contributed by atoms with E-state index in [0.29, 0.717) is 11.3 Å². The van der Waals surface area contributed by atoms with Gasteiger partial charge in [-0.25, -0.2) is 4.39 Å². The number of para-hydroxylation sites is 2. The quantitative estimate of drug-likeness (QED) is 0.897. The van der Waals surface area contributed by atoms with Gasteiger partial charge in [0, 0.05) is 0 Å². The molecule has 2 aromatic rings. The summed E-state index contributed by atoms with van der Waals surface area (Å²) >= 11 is 0. The van der Waals surface area contributed by atoms with Crippen LogP contribution in [0.2, 0.25) is 0 Å². The molecule has 2 N–H and O–H groups in total. The van der Waals surface area contributed by atoms with E-state index in [0.717, 1.165) is 0 Å². The molecule has 0 aliphatic carbocycles. The molecule has 0 aliphatic heterocycles. The van der Waals surface area contributed by atoms with Crippen LogP contribution in [-0.4, -0.2) is 12.5 Å². The number of rotatable bonds is 4. The van der Waals surface area contributed by atoms with Crippen LogP contribution in [0, 0.1) is 17.1 Å². The first-order chi connectivity index (χ1) is 9.70. The molecule has 100 valence electrons. The first-order valence-electron chi connectivity index (χ1n) is 5.98. The summed E-state index contributed by atoms with van der Waals surface area (Å²) in [5, 5.41) is 14.2. The average molecular weight is 269 g/mol. The minimum absolute atomic E-state index is 0.0486. The van der Waals surface area contributed by atoms with Gasteiger partial charge in [0.1, 0.15) is 11.9 Å². The molecule has 0 fully saturated rings. The fraction of sp³-hybridized carbons (Fsp3) is 0.0667. The summed E-state index contributed by atoms with van der Waals surface area (Å²) in [6.07, 6.45) is 0. The third-order valence-corrected chi connectivity index (χ3v) is 2.63. The number of nitrogens with zero attached hydrogens (tertiary/aromatic N) is 1. The van der Waals surface area contributed by atoms with Crippen molar-refractivity contribution in [1.82, 2.24) is 0 Å². The highest BCUT2D eigenvalue weighted by atomic mass is 19.1. The molecule has 0 aromatic heterocycles. The van der Waals surface area contributed by atoms with Crippen LogP contribution in [0.1, 0.15) is 5.56 Å². The lowest BCUT2D eigenvalue weighted by atomic mass is 10.2. The van der Waals surface area contributed by atoms with Crippen molar-refractivity contribution in [2.24, 2.45) is 0 Å². The molecular formula is C15H12FN3O. The van der Waals surface area contributed by atoms with E-state index < -0.39 is 5.82 Å². The van der Waals surface area contributed by atoms with E-state index in [1.165, 1.54) is 12.1 Å². The summed E-state index contributed by atoms with van der Waals surface area (Å²) < 4.78 is 13.4. The predicted octanol–water partition coefficient (Wildman–Crippen LogP) is 2.75. The highest BCUT2D eigenvalue weighted by Gasteiger charge is 2.07. The van der Waals surface area contributed by atoms with Crippen LogP contribution in [0.3, 0.4) is 0 Å². The number of nitrogens with one attached hydrogen (secondary N) is 2. The minimum Gasteiger partial charge on any atom is -0.375 e. The Morgan fingerprint density at radius 2 is 1.75 bits per heavy atom. The van der Waals surface area contributed by atoms with Crippen LogP contribution in [0.5, 0.6) is 0 Å². The van der Waals surface area contributed by atoms with Crippen LogP contribution >= 0.6 is 0 Å². The molecule has 20 heavy (non-hydrogen) atoms. The number of anilines is 2. The Hall–Kier alpha value is -2.87. The number of hydrogen-bond acceptors (Lipinski definition) is 3. The molecule has 2 rings (SSSR count). The molecule has 2 aromatic carbocycles. The van der Waals surface area contributed by atoms with Gasteiger partial charge >= 0.3 is 0 Å². The maximum absolute atomic E-state index is 13.4. The number of benzene rings is 2. The second kappa shape index (κ2) is 6.34. The third kappa shape index (κ3) is 3.33. The van der Waals surface area contributed by atoms with Crippen LogP contribution < -0.4 is 10.6 Å². The topological polar surface area (TPSA) is 64.9 Å². The van der Waals surface area contributed by atoms with Crippen molar-refractivity contribution in [1.29, 1.82) is 5.26 Å². The second-order valence-electron chi connectivity index (χ2n) is 4.04. The molecule has 0 radical (unpaired) electrons. The van der Waals surface area contributed by atoms with Crippen molar-refractivity contribution in [3.05, 3.63) is 59.9 Å². The summed E-state index contributed by atoms with van der Waals surface area (Å²) in [6.45, 7) is -0.0486. The standard InChI is InChI=1S/C15H12FN3O/c16-12-6-2-4-8-14(12)19-15(20)10-18-13-7-3-1-5-11(13)9-17/h1-8,18H,10H2,(H,19,20). The highest BCUT2D eigenvalue weighted by molar-refractivity contribution is 5.94. The van der Waals surface area contributed by atoms with Crippen molar-refractivity contribution in [3.63, 3.8) is 0 Å². The predicted molar refractivity (Wildman–Crippen MR) is 74.7 cm³/mol. The summed E-state index contributed by atoms with van der Waals surface area (Å²) in [6, 6.07) is 14.8. The molecule has 5 heteroatoms. The van der Waals surface area contributed by atoms with Gasteiger partial charge < -0.3 is 10.6 Å². The molecule has 0 aliphatic rings. The van der Waals surface area contributed by atoms with Gasteiger partial charge in [0.05, 0.1) is 23.5 Å². The number of carbonyl (C=O) groups excluding carboxylic acids is 1. The zero-order valence-electron chi connectivity index (χ0n) is 10.6. The molecule has 0 bridgehead atoms. The highest BCUT2D eigenvalue weighted by Crippen LogP contribution is 2.14. The molecule has 0 unspecified atom stereocenters. The Balaban J connectivity index is 1.96. The van der Waals surface area contributed by atoms with Crippen molar-refractivity contribution < 1.29 is 9.18 Å². The molecule has 0 saturated heterocycles. The van der Waals surface area contributed by atoms with Gasteiger partial charge in [-0.1, -0.05) is 24.3 Å². The summed E-state index contributed by atoms with van der Waals surface area (Å²) in [5.74, 6) is -0.874. The lowest BCUT2D eigenvalue weighted by Crippen LogP contribution is -2.22. The van der Waals surface area contributed by atoms with Crippen molar-refractivity contribution in [3.8, 4) is 6.07 Å². The van der Waals surface area contributed by atoms with Crippen LogP contribution in [-0.2, 0) is 4.79 Å². The third-order valence-electron chi connectivity index (χ3n) is 2.63. The molecule has 0 atom stereocenters. The number of amides is 1. The fourth-order valence-electron chi connectivity index (χ4n) is 1.67. The summed E-state index contributed by atoms with van der Waals surface area (Å²) in [5.41, 5.74) is 1.15. The van der Waals surface area contributed by atoms with Gasteiger partial charge in [0.2, 0.25) is 5.91 Å². The van der Waals surface area contributed by atoms with E-state index in [1.54, 1.807) is 36.4 Å². The number of nitriles is 1. The Bertz CT molecular complexity index is 664. The lowest BCUT2D eigenvalue weighted by molar-refractivity contribution is -0.114. The molecule has 1 amide bonds. The normalized spacial score (nSPS) is 9.60. The van der Waals surface area contributed by atoms with Gasteiger partial charge in [-0.3, -0.25) is 4.79 Å². The van der Waals surface area contributed by atoms with Crippen LogP contribution in [0.4, 0.5) is 15.8 Å². The maximum atomic E-state index is 13.4. The zero-order valence-corrected chi connectivity index (χ0v) is 10.6. The van der Waals surface area contributed by atoms with Crippen molar-refractivity contribution in [2.75, 3.05) is 17.2 Å². The van der Waals surface area contributed by atoms with E-state index >= 15 is 0 Å². The van der Waals surface area contributed by atoms with E-state index in [2.05, 4.69) is 10.6 Å². The maximum Gasteiger partial charge on any atom is 0.243 e. The molecule has 0 spiro atoms.